The van der Waals surface area contributed by atoms with E-state index >= 15 is 0 Å². The standard InChI is InChI=1S/C12H14O3/c1-3-8-15-12(14)9(2)10-4-6-11(13)7-5-10/h3-7,9,13H,1,8H2,2H3. The first kappa shape index (κ1) is 11.3. The van der Waals surface area contributed by atoms with E-state index in [1.807, 2.05) is 0 Å². The number of esters is 1. The van der Waals surface area contributed by atoms with E-state index in [4.69, 9.17) is 9.84 Å². The average molecular weight is 206 g/mol. The first-order chi connectivity index (χ1) is 7.15. The summed E-state index contributed by atoms with van der Waals surface area (Å²) in [7, 11) is 0. The first-order valence-electron chi connectivity index (χ1n) is 4.71. The molecule has 0 amide bonds. The summed E-state index contributed by atoms with van der Waals surface area (Å²) >= 11 is 0. The van der Waals surface area contributed by atoms with Crippen molar-refractivity contribution in [1.29, 1.82) is 0 Å². The number of hydrogen-bond donors (Lipinski definition) is 1. The number of aromatic hydroxyl groups is 1. The molecule has 0 spiro atoms. The second-order valence-electron chi connectivity index (χ2n) is 3.23. The summed E-state index contributed by atoms with van der Waals surface area (Å²) in [6, 6.07) is 6.50. The fourth-order valence-corrected chi connectivity index (χ4v) is 1.17. The molecule has 0 aromatic heterocycles. The molecule has 1 unspecified atom stereocenters. The van der Waals surface area contributed by atoms with Gasteiger partial charge < -0.3 is 9.84 Å². The van der Waals surface area contributed by atoms with E-state index < -0.39 is 0 Å². The Morgan fingerprint density at radius 1 is 1.53 bits per heavy atom. The third-order valence-corrected chi connectivity index (χ3v) is 2.09. The molecule has 0 aliphatic carbocycles. The molecule has 3 nitrogen and oxygen atoms in total. The maximum atomic E-state index is 11.5. The van der Waals surface area contributed by atoms with Gasteiger partial charge in [-0.25, -0.2) is 0 Å². The molecule has 1 rings (SSSR count). The number of phenols is 1. The van der Waals surface area contributed by atoms with Crippen molar-refractivity contribution in [3.63, 3.8) is 0 Å². The van der Waals surface area contributed by atoms with E-state index in [-0.39, 0.29) is 24.2 Å². The van der Waals surface area contributed by atoms with Gasteiger partial charge in [0, 0.05) is 0 Å². The molecule has 0 aliphatic heterocycles. The number of benzene rings is 1. The van der Waals surface area contributed by atoms with Gasteiger partial charge in [0.05, 0.1) is 5.92 Å². The van der Waals surface area contributed by atoms with Crippen LogP contribution >= 0.6 is 0 Å². The van der Waals surface area contributed by atoms with Gasteiger partial charge in [-0.3, -0.25) is 4.79 Å². The van der Waals surface area contributed by atoms with Crippen LogP contribution in [0, 0.1) is 0 Å². The summed E-state index contributed by atoms with van der Waals surface area (Å²) in [5, 5.41) is 9.09. The molecule has 0 radical (unpaired) electrons. The summed E-state index contributed by atoms with van der Waals surface area (Å²) in [4.78, 5) is 11.5. The highest BCUT2D eigenvalue weighted by Gasteiger charge is 2.15. The van der Waals surface area contributed by atoms with Crippen molar-refractivity contribution in [2.75, 3.05) is 6.61 Å². The number of carbonyl (C=O) groups is 1. The molecule has 80 valence electrons. The molecule has 3 heteroatoms. The van der Waals surface area contributed by atoms with Gasteiger partial charge in [0.1, 0.15) is 12.4 Å². The van der Waals surface area contributed by atoms with E-state index in [9.17, 15) is 4.79 Å². The molecule has 0 saturated heterocycles. The fraction of sp³-hybridized carbons (Fsp3) is 0.250. The zero-order chi connectivity index (χ0) is 11.3. The summed E-state index contributed by atoms with van der Waals surface area (Å²) in [5.41, 5.74) is 0.821. The van der Waals surface area contributed by atoms with Gasteiger partial charge >= 0.3 is 5.97 Å². The molecule has 1 atom stereocenters. The predicted octanol–water partition coefficient (Wildman–Crippen LogP) is 2.22. The topological polar surface area (TPSA) is 46.5 Å². The van der Waals surface area contributed by atoms with Crippen molar-refractivity contribution >= 4 is 5.97 Å². The molecule has 0 fully saturated rings. The van der Waals surface area contributed by atoms with Crippen molar-refractivity contribution < 1.29 is 14.6 Å². The molecular formula is C12H14O3. The third-order valence-electron chi connectivity index (χ3n) is 2.09. The zero-order valence-corrected chi connectivity index (χ0v) is 8.64. The molecule has 0 aliphatic rings. The van der Waals surface area contributed by atoms with Gasteiger partial charge in [0.25, 0.3) is 0 Å². The quantitative estimate of drug-likeness (QED) is 0.607. The molecule has 1 N–H and O–H groups in total. The van der Waals surface area contributed by atoms with Gasteiger partial charge in [-0.1, -0.05) is 24.8 Å². The number of ether oxygens (including phenoxy) is 1. The largest absolute Gasteiger partial charge is 0.508 e. The molecule has 1 aromatic rings. The van der Waals surface area contributed by atoms with Crippen LogP contribution in [0.25, 0.3) is 0 Å². The van der Waals surface area contributed by atoms with E-state index in [1.54, 1.807) is 31.2 Å². The van der Waals surface area contributed by atoms with Crippen molar-refractivity contribution in [1.82, 2.24) is 0 Å². The van der Waals surface area contributed by atoms with E-state index in [0.29, 0.717) is 0 Å². The third kappa shape index (κ3) is 3.13. The number of phenolic OH excluding ortho intramolecular Hbond substituents is 1. The van der Waals surface area contributed by atoms with Crippen LogP contribution in [0.5, 0.6) is 5.75 Å². The van der Waals surface area contributed by atoms with Gasteiger partial charge in [0.2, 0.25) is 0 Å². The lowest BCUT2D eigenvalue weighted by atomic mass is 10.0. The first-order valence-corrected chi connectivity index (χ1v) is 4.71. The minimum absolute atomic E-state index is 0.186. The van der Waals surface area contributed by atoms with Gasteiger partial charge in [-0.2, -0.15) is 0 Å². The van der Waals surface area contributed by atoms with E-state index in [1.165, 1.54) is 6.08 Å². The Kier molecular flexibility index (Phi) is 3.92. The second-order valence-corrected chi connectivity index (χ2v) is 3.23. The summed E-state index contributed by atoms with van der Waals surface area (Å²) in [6.07, 6.45) is 1.53. The van der Waals surface area contributed by atoms with E-state index in [0.717, 1.165) is 5.56 Å². The predicted molar refractivity (Wildman–Crippen MR) is 57.7 cm³/mol. The molecular weight excluding hydrogens is 192 g/mol. The second kappa shape index (κ2) is 5.20. The molecule has 1 aromatic carbocycles. The van der Waals surface area contributed by atoms with Crippen LogP contribution in [0.1, 0.15) is 18.4 Å². The van der Waals surface area contributed by atoms with Crippen LogP contribution in [0.2, 0.25) is 0 Å². The van der Waals surface area contributed by atoms with Gasteiger partial charge in [0.15, 0.2) is 0 Å². The summed E-state index contributed by atoms with van der Waals surface area (Å²) < 4.78 is 4.92. The normalized spacial score (nSPS) is 11.8. The Balaban J connectivity index is 2.67. The van der Waals surface area contributed by atoms with Crippen LogP contribution in [0.15, 0.2) is 36.9 Å². The van der Waals surface area contributed by atoms with Crippen molar-refractivity contribution in [2.45, 2.75) is 12.8 Å². The fourth-order valence-electron chi connectivity index (χ4n) is 1.17. The number of carbonyl (C=O) groups excluding carboxylic acids is 1. The maximum Gasteiger partial charge on any atom is 0.313 e. The smallest absolute Gasteiger partial charge is 0.313 e. The van der Waals surface area contributed by atoms with Crippen LogP contribution in [-0.4, -0.2) is 17.7 Å². The highest BCUT2D eigenvalue weighted by molar-refractivity contribution is 5.77. The Morgan fingerprint density at radius 2 is 2.13 bits per heavy atom. The minimum Gasteiger partial charge on any atom is -0.508 e. The molecule has 0 bridgehead atoms. The Labute approximate surface area is 89.0 Å². The maximum absolute atomic E-state index is 11.5. The van der Waals surface area contributed by atoms with E-state index in [2.05, 4.69) is 6.58 Å². The highest BCUT2D eigenvalue weighted by Crippen LogP contribution is 2.19. The highest BCUT2D eigenvalue weighted by atomic mass is 16.5. The number of rotatable bonds is 4. The van der Waals surface area contributed by atoms with Crippen molar-refractivity contribution in [3.8, 4) is 5.75 Å². The lowest BCUT2D eigenvalue weighted by Gasteiger charge is -2.10. The molecule has 0 heterocycles. The zero-order valence-electron chi connectivity index (χ0n) is 8.64. The molecule has 0 saturated carbocycles. The average Bonchev–Trinajstić information content (AvgIpc) is 2.26. The lowest BCUT2D eigenvalue weighted by Crippen LogP contribution is -2.13. The Morgan fingerprint density at radius 3 is 2.67 bits per heavy atom. The molecule has 15 heavy (non-hydrogen) atoms. The summed E-state index contributed by atoms with van der Waals surface area (Å²) in [5.74, 6) is -0.434. The van der Waals surface area contributed by atoms with Crippen LogP contribution in [-0.2, 0) is 9.53 Å². The minimum atomic E-state index is -0.328. The Bertz CT molecular complexity index is 340. The lowest BCUT2D eigenvalue weighted by molar-refractivity contribution is -0.143. The monoisotopic (exact) mass is 206 g/mol. The Hall–Kier alpha value is -1.77. The van der Waals surface area contributed by atoms with Crippen LogP contribution < -0.4 is 0 Å². The van der Waals surface area contributed by atoms with Crippen molar-refractivity contribution in [3.05, 3.63) is 42.5 Å². The van der Waals surface area contributed by atoms with Crippen LogP contribution in [0.3, 0.4) is 0 Å². The van der Waals surface area contributed by atoms with Gasteiger partial charge in [-0.15, -0.1) is 0 Å². The van der Waals surface area contributed by atoms with Crippen LogP contribution in [0.4, 0.5) is 0 Å². The number of hydrogen-bond acceptors (Lipinski definition) is 3. The van der Waals surface area contributed by atoms with Crippen molar-refractivity contribution in [2.24, 2.45) is 0 Å². The summed E-state index contributed by atoms with van der Waals surface area (Å²) in [6.45, 7) is 5.45. The van der Waals surface area contributed by atoms with Gasteiger partial charge in [-0.05, 0) is 24.6 Å². The SMILES string of the molecule is C=CCOC(=O)C(C)c1ccc(O)cc1.